The normalized spacial score (nSPS) is 14.9. The average Bonchev–Trinajstić information content (AvgIpc) is 2.62. The highest BCUT2D eigenvalue weighted by molar-refractivity contribution is 5.98. The third kappa shape index (κ3) is 4.49. The van der Waals surface area contributed by atoms with E-state index in [1.165, 1.54) is 11.9 Å². The molecule has 0 bridgehead atoms. The number of hydrogen-bond acceptors (Lipinski definition) is 3. The molecule has 1 aromatic carbocycles. The first-order valence-electron chi connectivity index (χ1n) is 7.98. The number of carbonyl (C=O) groups excluding carboxylic acids is 3. The molecule has 1 fully saturated rings. The van der Waals surface area contributed by atoms with Crippen molar-refractivity contribution in [2.24, 2.45) is 5.92 Å². The summed E-state index contributed by atoms with van der Waals surface area (Å²) in [6, 6.07) is 2.81. The zero-order valence-electron chi connectivity index (χ0n) is 14.0. The Kier molecular flexibility index (Phi) is 6.01. The van der Waals surface area contributed by atoms with Crippen LogP contribution in [-0.2, 0) is 9.59 Å². The summed E-state index contributed by atoms with van der Waals surface area (Å²) < 4.78 is 27.0. The van der Waals surface area contributed by atoms with Crippen LogP contribution in [0.1, 0.15) is 23.2 Å². The number of likely N-dealkylation sites (N-methyl/N-ethyl adjacent to an activating group) is 1. The molecule has 0 aliphatic carbocycles. The third-order valence-electron chi connectivity index (χ3n) is 4.34. The molecular formula is C18H20F2N2O3. The van der Waals surface area contributed by atoms with Crippen LogP contribution in [0.15, 0.2) is 30.9 Å². The lowest BCUT2D eigenvalue weighted by Gasteiger charge is -2.32. The van der Waals surface area contributed by atoms with Gasteiger partial charge < -0.3 is 9.80 Å². The maximum atomic E-state index is 13.7. The predicted octanol–water partition coefficient (Wildman–Crippen LogP) is 2.03. The number of amides is 2. The van der Waals surface area contributed by atoms with Crippen molar-refractivity contribution in [2.75, 3.05) is 26.7 Å². The minimum Gasteiger partial charge on any atom is -0.341 e. The standard InChI is InChI=1S/C18H20F2N2O3/c1-3-16(23)21(2)11-17(24)22-8-6-12(7-9-22)18(25)14-10-13(19)4-5-15(14)20/h3-5,10,12H,1,6-9,11H2,2H3. The van der Waals surface area contributed by atoms with Crippen LogP contribution in [-0.4, -0.2) is 54.1 Å². The molecule has 2 amide bonds. The van der Waals surface area contributed by atoms with Gasteiger partial charge in [-0.2, -0.15) is 0 Å². The second kappa shape index (κ2) is 8.00. The number of likely N-dealkylation sites (tertiary alicyclic amines) is 1. The molecule has 0 spiro atoms. The van der Waals surface area contributed by atoms with Crippen molar-refractivity contribution in [3.8, 4) is 0 Å². The van der Waals surface area contributed by atoms with E-state index in [1.807, 2.05) is 0 Å². The Morgan fingerprint density at radius 2 is 1.92 bits per heavy atom. The van der Waals surface area contributed by atoms with Crippen molar-refractivity contribution < 1.29 is 23.2 Å². The first kappa shape index (κ1) is 18.8. The Labute approximate surface area is 144 Å². The Morgan fingerprint density at radius 3 is 2.52 bits per heavy atom. The first-order valence-corrected chi connectivity index (χ1v) is 7.98. The highest BCUT2D eigenvalue weighted by atomic mass is 19.1. The van der Waals surface area contributed by atoms with Crippen LogP contribution in [0.2, 0.25) is 0 Å². The lowest BCUT2D eigenvalue weighted by molar-refractivity contribution is -0.138. The smallest absolute Gasteiger partial charge is 0.246 e. The average molecular weight is 350 g/mol. The first-order chi connectivity index (χ1) is 11.8. The van der Waals surface area contributed by atoms with E-state index in [-0.39, 0.29) is 23.9 Å². The van der Waals surface area contributed by atoms with Gasteiger partial charge in [0.2, 0.25) is 11.8 Å². The largest absolute Gasteiger partial charge is 0.341 e. The van der Waals surface area contributed by atoms with Gasteiger partial charge in [-0.3, -0.25) is 14.4 Å². The summed E-state index contributed by atoms with van der Waals surface area (Å²) in [6.07, 6.45) is 1.88. The van der Waals surface area contributed by atoms with Crippen LogP contribution in [0.5, 0.6) is 0 Å². The van der Waals surface area contributed by atoms with Gasteiger partial charge in [0.05, 0.1) is 12.1 Å². The Hall–Kier alpha value is -2.57. The molecular weight excluding hydrogens is 330 g/mol. The fraction of sp³-hybridized carbons (Fsp3) is 0.389. The van der Waals surface area contributed by atoms with Crippen LogP contribution < -0.4 is 0 Å². The highest BCUT2D eigenvalue weighted by Crippen LogP contribution is 2.23. The van der Waals surface area contributed by atoms with E-state index in [9.17, 15) is 23.2 Å². The van der Waals surface area contributed by atoms with Gasteiger partial charge in [0.15, 0.2) is 5.78 Å². The fourth-order valence-corrected chi connectivity index (χ4v) is 2.83. The molecule has 5 nitrogen and oxygen atoms in total. The number of nitrogens with zero attached hydrogens (tertiary/aromatic N) is 2. The maximum absolute atomic E-state index is 13.7. The fourth-order valence-electron chi connectivity index (χ4n) is 2.83. The third-order valence-corrected chi connectivity index (χ3v) is 4.34. The van der Waals surface area contributed by atoms with Gasteiger partial charge in [-0.15, -0.1) is 0 Å². The van der Waals surface area contributed by atoms with Gasteiger partial charge >= 0.3 is 0 Å². The van der Waals surface area contributed by atoms with Crippen molar-refractivity contribution >= 4 is 17.6 Å². The summed E-state index contributed by atoms with van der Waals surface area (Å²) in [7, 11) is 1.50. The van der Waals surface area contributed by atoms with E-state index >= 15 is 0 Å². The van der Waals surface area contributed by atoms with E-state index in [1.54, 1.807) is 4.90 Å². The lowest BCUT2D eigenvalue weighted by Crippen LogP contribution is -2.45. The minimum atomic E-state index is -0.741. The maximum Gasteiger partial charge on any atom is 0.246 e. The second-order valence-corrected chi connectivity index (χ2v) is 6.04. The van der Waals surface area contributed by atoms with Gasteiger partial charge in [-0.25, -0.2) is 8.78 Å². The van der Waals surface area contributed by atoms with Crippen LogP contribution in [0.4, 0.5) is 8.78 Å². The number of halogens is 2. The summed E-state index contributed by atoms with van der Waals surface area (Å²) in [6.45, 7) is 3.97. The molecule has 1 heterocycles. The SMILES string of the molecule is C=CC(=O)N(C)CC(=O)N1CCC(C(=O)c2cc(F)ccc2F)CC1. The quantitative estimate of drug-likeness (QED) is 0.603. The topological polar surface area (TPSA) is 57.7 Å². The Morgan fingerprint density at radius 1 is 1.28 bits per heavy atom. The van der Waals surface area contributed by atoms with Gasteiger partial charge in [-0.05, 0) is 37.1 Å². The van der Waals surface area contributed by atoms with E-state index in [4.69, 9.17) is 0 Å². The monoisotopic (exact) mass is 350 g/mol. The van der Waals surface area contributed by atoms with Crippen molar-refractivity contribution in [1.82, 2.24) is 9.80 Å². The zero-order valence-corrected chi connectivity index (χ0v) is 14.0. The number of benzene rings is 1. The van der Waals surface area contributed by atoms with Crippen molar-refractivity contribution in [3.05, 3.63) is 48.1 Å². The number of carbonyl (C=O) groups is 3. The summed E-state index contributed by atoms with van der Waals surface area (Å²) in [5.41, 5.74) is -0.249. The van der Waals surface area contributed by atoms with Crippen LogP contribution in [0.25, 0.3) is 0 Å². The van der Waals surface area contributed by atoms with Crippen molar-refractivity contribution in [3.63, 3.8) is 0 Å². The lowest BCUT2D eigenvalue weighted by atomic mass is 9.88. The molecule has 0 atom stereocenters. The molecule has 25 heavy (non-hydrogen) atoms. The Balaban J connectivity index is 1.94. The molecule has 1 aliphatic rings. The number of Topliss-reactive ketones (excluding diaryl/α,β-unsaturated/α-hetero) is 1. The molecule has 0 N–H and O–H groups in total. The number of rotatable bonds is 5. The van der Waals surface area contributed by atoms with Crippen LogP contribution >= 0.6 is 0 Å². The highest BCUT2D eigenvalue weighted by Gasteiger charge is 2.29. The minimum absolute atomic E-state index is 0.0675. The van der Waals surface area contributed by atoms with Gasteiger partial charge in [0, 0.05) is 26.1 Å². The van der Waals surface area contributed by atoms with Crippen LogP contribution in [0.3, 0.4) is 0 Å². The van der Waals surface area contributed by atoms with Crippen LogP contribution in [0, 0.1) is 17.6 Å². The van der Waals surface area contributed by atoms with Gasteiger partial charge in [0.25, 0.3) is 0 Å². The molecule has 0 saturated carbocycles. The zero-order chi connectivity index (χ0) is 18.6. The van der Waals surface area contributed by atoms with Gasteiger partial charge in [0.1, 0.15) is 11.6 Å². The molecule has 7 heteroatoms. The molecule has 0 unspecified atom stereocenters. The summed E-state index contributed by atoms with van der Waals surface area (Å²) >= 11 is 0. The molecule has 0 aromatic heterocycles. The second-order valence-electron chi connectivity index (χ2n) is 6.04. The summed E-state index contributed by atoms with van der Waals surface area (Å²) in [4.78, 5) is 38.8. The number of piperidine rings is 1. The predicted molar refractivity (Wildman–Crippen MR) is 87.8 cm³/mol. The Bertz CT molecular complexity index is 698. The molecule has 2 rings (SSSR count). The van der Waals surface area contributed by atoms with E-state index in [0.717, 1.165) is 24.3 Å². The molecule has 134 valence electrons. The van der Waals surface area contributed by atoms with Gasteiger partial charge in [-0.1, -0.05) is 6.58 Å². The summed E-state index contributed by atoms with van der Waals surface area (Å²) in [5, 5.41) is 0. The van der Waals surface area contributed by atoms with E-state index in [0.29, 0.717) is 25.9 Å². The molecule has 1 saturated heterocycles. The van der Waals surface area contributed by atoms with E-state index in [2.05, 4.69) is 6.58 Å². The number of hydrogen-bond donors (Lipinski definition) is 0. The summed E-state index contributed by atoms with van der Waals surface area (Å²) in [5.74, 6) is -2.86. The van der Waals surface area contributed by atoms with Crippen molar-refractivity contribution in [1.29, 1.82) is 0 Å². The van der Waals surface area contributed by atoms with E-state index < -0.39 is 23.3 Å². The van der Waals surface area contributed by atoms with Crippen molar-refractivity contribution in [2.45, 2.75) is 12.8 Å². The molecule has 1 aliphatic heterocycles. The molecule has 1 aromatic rings. The molecule has 0 radical (unpaired) electrons. The number of ketones is 1.